The zero-order valence-corrected chi connectivity index (χ0v) is 8.25. The van der Waals surface area contributed by atoms with E-state index in [4.69, 9.17) is 5.84 Å². The first-order chi connectivity index (χ1) is 6.81. The Labute approximate surface area is 83.3 Å². The van der Waals surface area contributed by atoms with E-state index in [9.17, 15) is 0 Å². The minimum atomic E-state index is 0.300. The van der Waals surface area contributed by atoms with Crippen LogP contribution in [0, 0.1) is 0 Å². The largest absolute Gasteiger partial charge is 0.361 e. The topological polar surface area (TPSA) is 53.8 Å². The van der Waals surface area contributed by atoms with Gasteiger partial charge in [0.15, 0.2) is 0 Å². The van der Waals surface area contributed by atoms with Crippen molar-refractivity contribution in [3.63, 3.8) is 0 Å². The fraction of sp³-hybridized carbons (Fsp3) is 0.273. The van der Waals surface area contributed by atoms with Crippen molar-refractivity contribution in [3.05, 3.63) is 36.0 Å². The number of aromatic amines is 1. The molecule has 4 N–H and O–H groups in total. The van der Waals surface area contributed by atoms with Crippen molar-refractivity contribution in [1.82, 2.24) is 10.4 Å². The maximum absolute atomic E-state index is 5.37. The Kier molecular flexibility index (Phi) is 2.52. The van der Waals surface area contributed by atoms with Crippen molar-refractivity contribution in [2.45, 2.75) is 19.4 Å². The second-order valence-electron chi connectivity index (χ2n) is 3.63. The summed E-state index contributed by atoms with van der Waals surface area (Å²) in [6.45, 7) is 2.07. The molecule has 2 aromatic rings. The number of fused-ring (bicyclic) bond motifs is 1. The molecule has 1 aromatic heterocycles. The van der Waals surface area contributed by atoms with Crippen LogP contribution in [0.2, 0.25) is 0 Å². The lowest BCUT2D eigenvalue weighted by molar-refractivity contribution is 0.569. The highest BCUT2D eigenvalue weighted by Crippen LogP contribution is 2.18. The van der Waals surface area contributed by atoms with Crippen molar-refractivity contribution in [2.75, 3.05) is 0 Å². The van der Waals surface area contributed by atoms with Crippen LogP contribution in [0.3, 0.4) is 0 Å². The van der Waals surface area contributed by atoms with E-state index < -0.39 is 0 Å². The van der Waals surface area contributed by atoms with Crippen LogP contribution in [-0.4, -0.2) is 11.0 Å². The van der Waals surface area contributed by atoms with Crippen LogP contribution in [-0.2, 0) is 6.42 Å². The molecule has 0 aliphatic carbocycles. The molecule has 3 nitrogen and oxygen atoms in total. The monoisotopic (exact) mass is 189 g/mol. The van der Waals surface area contributed by atoms with Crippen molar-refractivity contribution in [3.8, 4) is 0 Å². The molecule has 0 bridgehead atoms. The van der Waals surface area contributed by atoms with E-state index in [0.29, 0.717) is 6.04 Å². The summed E-state index contributed by atoms with van der Waals surface area (Å²) in [5.74, 6) is 5.37. The van der Waals surface area contributed by atoms with Gasteiger partial charge in [0.1, 0.15) is 0 Å². The predicted molar refractivity (Wildman–Crippen MR) is 58.8 cm³/mol. The van der Waals surface area contributed by atoms with Crippen LogP contribution in [0.25, 0.3) is 10.9 Å². The third kappa shape index (κ3) is 1.64. The first-order valence-corrected chi connectivity index (χ1v) is 4.82. The SMILES string of the molecule is C[C@@H](Cc1c[nH]c2ccccc12)NN. The Hall–Kier alpha value is -1.32. The molecule has 0 aliphatic rings. The van der Waals surface area contributed by atoms with Gasteiger partial charge >= 0.3 is 0 Å². The van der Waals surface area contributed by atoms with Gasteiger partial charge in [-0.25, -0.2) is 0 Å². The summed E-state index contributed by atoms with van der Waals surface area (Å²) in [6, 6.07) is 8.60. The lowest BCUT2D eigenvalue weighted by atomic mass is 10.1. The maximum Gasteiger partial charge on any atom is 0.0456 e. The third-order valence-electron chi connectivity index (χ3n) is 2.49. The Morgan fingerprint density at radius 3 is 3.00 bits per heavy atom. The molecule has 0 saturated carbocycles. The summed E-state index contributed by atoms with van der Waals surface area (Å²) in [7, 11) is 0. The van der Waals surface area contributed by atoms with Gasteiger partial charge in [0.2, 0.25) is 0 Å². The molecule has 0 unspecified atom stereocenters. The van der Waals surface area contributed by atoms with Gasteiger partial charge in [-0.2, -0.15) is 0 Å². The summed E-state index contributed by atoms with van der Waals surface area (Å²) in [6.07, 6.45) is 3.00. The van der Waals surface area contributed by atoms with Gasteiger partial charge in [-0.1, -0.05) is 18.2 Å². The molecule has 0 fully saturated rings. The molecule has 0 aliphatic heterocycles. The summed E-state index contributed by atoms with van der Waals surface area (Å²) in [5.41, 5.74) is 5.25. The molecule has 1 atom stereocenters. The first-order valence-electron chi connectivity index (χ1n) is 4.82. The van der Waals surface area contributed by atoms with E-state index >= 15 is 0 Å². The van der Waals surface area contributed by atoms with Crippen LogP contribution in [0.1, 0.15) is 12.5 Å². The van der Waals surface area contributed by atoms with Crippen molar-refractivity contribution in [1.29, 1.82) is 0 Å². The number of hydrogen-bond donors (Lipinski definition) is 3. The van der Waals surface area contributed by atoms with Crippen LogP contribution in [0.5, 0.6) is 0 Å². The number of hydrazine groups is 1. The molecule has 74 valence electrons. The van der Waals surface area contributed by atoms with Crippen molar-refractivity contribution in [2.24, 2.45) is 5.84 Å². The zero-order chi connectivity index (χ0) is 9.97. The normalized spacial score (nSPS) is 13.3. The molecule has 0 saturated heterocycles. The van der Waals surface area contributed by atoms with Gasteiger partial charge in [-0.05, 0) is 25.0 Å². The number of aromatic nitrogens is 1. The fourth-order valence-corrected chi connectivity index (χ4v) is 1.69. The van der Waals surface area contributed by atoms with Gasteiger partial charge in [0, 0.05) is 23.1 Å². The number of hydrogen-bond acceptors (Lipinski definition) is 2. The standard InChI is InChI=1S/C11H15N3/c1-8(14-12)6-9-7-13-11-5-3-2-4-10(9)11/h2-5,7-8,13-14H,6,12H2,1H3/t8-/m0/s1. The van der Waals surface area contributed by atoms with Crippen LogP contribution >= 0.6 is 0 Å². The highest BCUT2D eigenvalue weighted by atomic mass is 15.2. The molecule has 2 rings (SSSR count). The van der Waals surface area contributed by atoms with Gasteiger partial charge in [0.05, 0.1) is 0 Å². The van der Waals surface area contributed by atoms with E-state index in [0.717, 1.165) is 6.42 Å². The van der Waals surface area contributed by atoms with Crippen molar-refractivity contribution >= 4 is 10.9 Å². The lowest BCUT2D eigenvalue weighted by Gasteiger charge is -2.07. The molecule has 0 radical (unpaired) electrons. The Bertz CT molecular complexity index is 419. The molecular weight excluding hydrogens is 174 g/mol. The van der Waals surface area contributed by atoms with Crippen molar-refractivity contribution < 1.29 is 0 Å². The van der Waals surface area contributed by atoms with Gasteiger partial charge in [-0.15, -0.1) is 0 Å². The number of rotatable bonds is 3. The number of nitrogens with one attached hydrogen (secondary N) is 2. The molecule has 14 heavy (non-hydrogen) atoms. The van der Waals surface area contributed by atoms with Crippen LogP contribution < -0.4 is 11.3 Å². The summed E-state index contributed by atoms with van der Waals surface area (Å²) in [5, 5.41) is 1.29. The molecule has 1 aromatic carbocycles. The maximum atomic E-state index is 5.37. The average Bonchev–Trinajstić information content (AvgIpc) is 2.62. The highest BCUT2D eigenvalue weighted by Gasteiger charge is 2.05. The van der Waals surface area contributed by atoms with Crippen LogP contribution in [0.15, 0.2) is 30.5 Å². The average molecular weight is 189 g/mol. The van der Waals surface area contributed by atoms with E-state index in [1.807, 2.05) is 6.07 Å². The minimum Gasteiger partial charge on any atom is -0.361 e. The summed E-state index contributed by atoms with van der Waals surface area (Å²) in [4.78, 5) is 3.25. The zero-order valence-electron chi connectivity index (χ0n) is 8.25. The van der Waals surface area contributed by atoms with Crippen LogP contribution in [0.4, 0.5) is 0 Å². The Morgan fingerprint density at radius 2 is 2.21 bits per heavy atom. The Balaban J connectivity index is 2.33. The van der Waals surface area contributed by atoms with E-state index in [1.165, 1.54) is 16.5 Å². The van der Waals surface area contributed by atoms with Gasteiger partial charge < -0.3 is 4.98 Å². The molecule has 1 heterocycles. The third-order valence-corrected chi connectivity index (χ3v) is 2.49. The highest BCUT2D eigenvalue weighted by molar-refractivity contribution is 5.83. The number of nitrogens with two attached hydrogens (primary N) is 1. The smallest absolute Gasteiger partial charge is 0.0456 e. The quantitative estimate of drug-likeness (QED) is 0.507. The van der Waals surface area contributed by atoms with Gasteiger partial charge in [0.25, 0.3) is 0 Å². The molecule has 0 amide bonds. The predicted octanol–water partition coefficient (Wildman–Crippen LogP) is 1.56. The Morgan fingerprint density at radius 1 is 1.43 bits per heavy atom. The number of benzene rings is 1. The van der Waals surface area contributed by atoms with Gasteiger partial charge in [-0.3, -0.25) is 11.3 Å². The fourth-order valence-electron chi connectivity index (χ4n) is 1.69. The second kappa shape index (κ2) is 3.82. The second-order valence-corrected chi connectivity index (χ2v) is 3.63. The number of H-pyrrole nitrogens is 1. The molecule has 3 heteroatoms. The van der Waals surface area contributed by atoms with E-state index in [2.05, 4.69) is 41.7 Å². The molecular formula is C11H15N3. The van der Waals surface area contributed by atoms with E-state index in [1.54, 1.807) is 0 Å². The first kappa shape index (κ1) is 9.24. The summed E-state index contributed by atoms with van der Waals surface area (Å²) < 4.78 is 0. The summed E-state index contributed by atoms with van der Waals surface area (Å²) >= 11 is 0. The minimum absolute atomic E-state index is 0.300. The van der Waals surface area contributed by atoms with E-state index in [-0.39, 0.29) is 0 Å². The lowest BCUT2D eigenvalue weighted by Crippen LogP contribution is -2.33. The number of para-hydroxylation sites is 1. The molecule has 0 spiro atoms.